The molecule has 34 heavy (non-hydrogen) atoms. The molecule has 1 aromatic rings. The van der Waals surface area contributed by atoms with Crippen molar-refractivity contribution in [3.05, 3.63) is 34.9 Å². The number of amides is 2. The molecular formula is C23H32N4O7. The molecule has 0 aliphatic heterocycles. The van der Waals surface area contributed by atoms with Gasteiger partial charge in [0.25, 0.3) is 5.91 Å². The number of hydrogen-bond donors (Lipinski definition) is 3. The van der Waals surface area contributed by atoms with Gasteiger partial charge in [-0.15, -0.1) is 0 Å². The first-order chi connectivity index (χ1) is 16.4. The van der Waals surface area contributed by atoms with Gasteiger partial charge in [0.05, 0.1) is 18.8 Å². The summed E-state index contributed by atoms with van der Waals surface area (Å²) in [6.07, 6.45) is 2.96. The number of allylic oxidation sites excluding steroid dienone is 1. The van der Waals surface area contributed by atoms with Gasteiger partial charge in [0, 0.05) is 43.3 Å². The Kier molecular flexibility index (Phi) is 8.69. The third kappa shape index (κ3) is 6.16. The lowest BCUT2D eigenvalue weighted by atomic mass is 10.00. The quantitative estimate of drug-likeness (QED) is 0.436. The number of aromatic amines is 1. The monoisotopic (exact) mass is 476 g/mol. The van der Waals surface area contributed by atoms with E-state index in [4.69, 9.17) is 14.2 Å². The molecular weight excluding hydrogens is 444 g/mol. The second-order valence-electron chi connectivity index (χ2n) is 8.21. The number of nitrogens with one attached hydrogen (secondary N) is 2. The van der Waals surface area contributed by atoms with Gasteiger partial charge in [-0.2, -0.15) is 5.10 Å². The van der Waals surface area contributed by atoms with Crippen LogP contribution in [0.3, 0.4) is 0 Å². The molecule has 1 fully saturated rings. The normalized spacial score (nSPS) is 22.1. The number of methoxy groups -OCH3 is 1. The maximum Gasteiger partial charge on any atom is 0.410 e. The first-order valence-electron chi connectivity index (χ1n) is 11.4. The highest BCUT2D eigenvalue weighted by Gasteiger charge is 2.31. The standard InChI is InChI=1S/C23H32N4O7/c1-4-27(5-2)23(31)34-15-7-6-14(8-15)18-11-21(26-25-18)24-22(30)13-33-20-10-16(32-3)9-19(29)17(20)12-28/h10-12,14-15,19,29H,4-9,13H2,1-3H3,(H2,24,25,26,30)/t14-,15+,19?/m0/s1. The fourth-order valence-corrected chi connectivity index (χ4v) is 4.12. The second-order valence-corrected chi connectivity index (χ2v) is 8.21. The summed E-state index contributed by atoms with van der Waals surface area (Å²) in [5.41, 5.74) is 0.916. The molecule has 2 aliphatic rings. The van der Waals surface area contributed by atoms with Gasteiger partial charge in [-0.3, -0.25) is 14.7 Å². The summed E-state index contributed by atoms with van der Waals surface area (Å²) in [7, 11) is 1.45. The summed E-state index contributed by atoms with van der Waals surface area (Å²) in [5.74, 6) is 0.558. The van der Waals surface area contributed by atoms with Crippen molar-refractivity contribution in [1.29, 1.82) is 0 Å². The molecule has 3 atom stereocenters. The number of carbonyl (C=O) groups excluding carboxylic acids is 3. The first kappa shape index (κ1) is 25.3. The van der Waals surface area contributed by atoms with Crippen LogP contribution in [-0.2, 0) is 23.8 Å². The minimum atomic E-state index is -1.05. The van der Waals surface area contributed by atoms with Gasteiger partial charge in [-0.05, 0) is 33.1 Å². The third-order valence-corrected chi connectivity index (χ3v) is 6.06. The molecule has 3 rings (SSSR count). The van der Waals surface area contributed by atoms with Crippen molar-refractivity contribution in [2.24, 2.45) is 0 Å². The van der Waals surface area contributed by atoms with E-state index in [1.54, 1.807) is 11.0 Å². The number of aliphatic hydroxyl groups is 1. The number of aliphatic hydroxyl groups excluding tert-OH is 1. The van der Waals surface area contributed by atoms with E-state index < -0.39 is 12.0 Å². The molecule has 1 aromatic heterocycles. The van der Waals surface area contributed by atoms with Gasteiger partial charge in [0.1, 0.15) is 17.6 Å². The summed E-state index contributed by atoms with van der Waals surface area (Å²) in [6.45, 7) is 4.67. The van der Waals surface area contributed by atoms with Crippen LogP contribution in [-0.4, -0.2) is 77.5 Å². The Hall–Kier alpha value is -3.34. The van der Waals surface area contributed by atoms with E-state index in [1.807, 2.05) is 13.8 Å². The first-order valence-corrected chi connectivity index (χ1v) is 11.4. The number of aromatic nitrogens is 2. The summed E-state index contributed by atoms with van der Waals surface area (Å²) in [6, 6.07) is 1.75. The van der Waals surface area contributed by atoms with E-state index >= 15 is 0 Å². The van der Waals surface area contributed by atoms with Crippen LogP contribution in [0, 0.1) is 0 Å². The lowest BCUT2D eigenvalue weighted by Crippen LogP contribution is -2.33. The van der Waals surface area contributed by atoms with Crippen molar-refractivity contribution >= 4 is 24.1 Å². The SMILES string of the molecule is CCN(CC)C(=O)O[C@@H]1CC[C@H](c2cc(NC(=O)COC3=C(C=O)C(O)CC(OC)=C3)n[nH]2)C1. The Morgan fingerprint density at radius 1 is 1.32 bits per heavy atom. The zero-order chi connectivity index (χ0) is 24.7. The molecule has 186 valence electrons. The van der Waals surface area contributed by atoms with E-state index in [1.165, 1.54) is 13.2 Å². The third-order valence-electron chi connectivity index (χ3n) is 6.06. The summed E-state index contributed by atoms with van der Waals surface area (Å²) in [4.78, 5) is 37.4. The van der Waals surface area contributed by atoms with Crippen LogP contribution in [0.25, 0.3) is 0 Å². The largest absolute Gasteiger partial charge is 0.501 e. The molecule has 0 bridgehead atoms. The van der Waals surface area contributed by atoms with Crippen molar-refractivity contribution in [2.75, 3.05) is 32.1 Å². The van der Waals surface area contributed by atoms with Crippen LogP contribution in [0.1, 0.15) is 51.1 Å². The van der Waals surface area contributed by atoms with Crippen molar-refractivity contribution < 1.29 is 33.7 Å². The number of rotatable bonds is 10. The van der Waals surface area contributed by atoms with Gasteiger partial charge < -0.3 is 29.5 Å². The Morgan fingerprint density at radius 3 is 2.76 bits per heavy atom. The van der Waals surface area contributed by atoms with Crippen molar-refractivity contribution in [3.8, 4) is 0 Å². The minimum absolute atomic E-state index is 0.0631. The van der Waals surface area contributed by atoms with Crippen LogP contribution >= 0.6 is 0 Å². The van der Waals surface area contributed by atoms with Crippen molar-refractivity contribution in [2.45, 2.75) is 57.7 Å². The Labute approximate surface area is 198 Å². The Balaban J connectivity index is 1.51. The van der Waals surface area contributed by atoms with E-state index in [2.05, 4.69) is 15.5 Å². The topological polar surface area (TPSA) is 143 Å². The zero-order valence-corrected chi connectivity index (χ0v) is 19.7. The zero-order valence-electron chi connectivity index (χ0n) is 19.7. The summed E-state index contributed by atoms with van der Waals surface area (Å²) >= 11 is 0. The van der Waals surface area contributed by atoms with E-state index in [9.17, 15) is 19.5 Å². The number of nitrogens with zero attached hydrogens (tertiary/aromatic N) is 2. The molecule has 11 heteroatoms. The molecule has 0 radical (unpaired) electrons. The molecule has 3 N–H and O–H groups in total. The van der Waals surface area contributed by atoms with Gasteiger partial charge in [0.15, 0.2) is 18.7 Å². The van der Waals surface area contributed by atoms with Crippen molar-refractivity contribution in [3.63, 3.8) is 0 Å². The van der Waals surface area contributed by atoms with E-state index in [-0.39, 0.29) is 42.5 Å². The fourth-order valence-electron chi connectivity index (χ4n) is 4.12. The Bertz CT molecular complexity index is 951. The highest BCUT2D eigenvalue weighted by atomic mass is 16.6. The van der Waals surface area contributed by atoms with Crippen LogP contribution in [0.5, 0.6) is 0 Å². The smallest absolute Gasteiger partial charge is 0.410 e. The number of H-pyrrole nitrogens is 1. The predicted octanol–water partition coefficient (Wildman–Crippen LogP) is 2.23. The van der Waals surface area contributed by atoms with Crippen LogP contribution in [0.2, 0.25) is 0 Å². The fraction of sp³-hybridized carbons (Fsp3) is 0.565. The van der Waals surface area contributed by atoms with Crippen molar-refractivity contribution in [1.82, 2.24) is 15.1 Å². The van der Waals surface area contributed by atoms with Gasteiger partial charge >= 0.3 is 6.09 Å². The maximum absolute atomic E-state index is 12.3. The molecule has 0 spiro atoms. The van der Waals surface area contributed by atoms with Crippen LogP contribution in [0.4, 0.5) is 10.6 Å². The molecule has 1 saturated carbocycles. The second kappa shape index (κ2) is 11.7. The Morgan fingerprint density at radius 2 is 2.09 bits per heavy atom. The number of aldehydes is 1. The highest BCUT2D eigenvalue weighted by molar-refractivity contribution is 5.91. The molecule has 11 nitrogen and oxygen atoms in total. The van der Waals surface area contributed by atoms with Crippen LogP contribution < -0.4 is 5.32 Å². The lowest BCUT2D eigenvalue weighted by molar-refractivity contribution is -0.119. The average molecular weight is 477 g/mol. The minimum Gasteiger partial charge on any atom is -0.501 e. The molecule has 0 aromatic carbocycles. The molecule has 2 aliphatic carbocycles. The lowest BCUT2D eigenvalue weighted by Gasteiger charge is -2.21. The molecule has 1 heterocycles. The van der Waals surface area contributed by atoms with Gasteiger partial charge in [-0.25, -0.2) is 4.79 Å². The van der Waals surface area contributed by atoms with Gasteiger partial charge in [0.2, 0.25) is 0 Å². The number of anilines is 1. The maximum atomic E-state index is 12.3. The molecule has 1 unspecified atom stereocenters. The number of carbonyl (C=O) groups is 3. The highest BCUT2D eigenvalue weighted by Crippen LogP contribution is 2.36. The molecule has 0 saturated heterocycles. The van der Waals surface area contributed by atoms with Crippen LogP contribution in [0.15, 0.2) is 29.2 Å². The summed E-state index contributed by atoms with van der Waals surface area (Å²) in [5, 5.41) is 19.8. The molecule has 2 amide bonds. The van der Waals surface area contributed by atoms with E-state index in [0.29, 0.717) is 37.4 Å². The number of ether oxygens (including phenoxy) is 3. The van der Waals surface area contributed by atoms with E-state index in [0.717, 1.165) is 18.5 Å². The number of hydrogen-bond acceptors (Lipinski definition) is 8. The van der Waals surface area contributed by atoms with Gasteiger partial charge in [-0.1, -0.05) is 0 Å². The predicted molar refractivity (Wildman–Crippen MR) is 122 cm³/mol. The summed E-state index contributed by atoms with van der Waals surface area (Å²) < 4.78 is 16.2. The average Bonchev–Trinajstić information content (AvgIpc) is 3.47.